The van der Waals surface area contributed by atoms with Crippen molar-refractivity contribution in [2.24, 2.45) is 5.92 Å². The normalized spacial score (nSPS) is 47.6. The van der Waals surface area contributed by atoms with Crippen molar-refractivity contribution in [3.05, 3.63) is 0 Å². The lowest BCUT2D eigenvalue weighted by Crippen LogP contribution is -2.12. The van der Waals surface area contributed by atoms with Gasteiger partial charge in [0.2, 0.25) is 0 Å². The van der Waals surface area contributed by atoms with Crippen LogP contribution in [0.3, 0.4) is 0 Å². The van der Waals surface area contributed by atoms with Gasteiger partial charge in [-0.05, 0) is 47.8 Å². The Balaban J connectivity index is 2.44. The Morgan fingerprint density at radius 1 is 1.75 bits per heavy atom. The van der Waals surface area contributed by atoms with Crippen LogP contribution in [0.4, 0.5) is 0 Å². The van der Waals surface area contributed by atoms with E-state index in [4.69, 9.17) is 0 Å². The molecule has 1 aliphatic carbocycles. The van der Waals surface area contributed by atoms with E-state index in [2.05, 4.69) is 29.5 Å². The summed E-state index contributed by atoms with van der Waals surface area (Å²) in [6.07, 6.45) is 3.15. The predicted octanol–water partition coefficient (Wildman–Crippen LogP) is 1.93. The van der Waals surface area contributed by atoms with E-state index >= 15 is 0 Å². The number of aliphatic hydroxyl groups is 1. The first-order chi connectivity index (χ1) is 3.60. The highest BCUT2D eigenvalue weighted by atomic mass is 127. The van der Waals surface area contributed by atoms with E-state index < -0.39 is 0 Å². The minimum absolute atomic E-state index is 0.364. The maximum absolute atomic E-state index is 9.35. The molecular weight excluding hydrogens is 215 g/mol. The molecule has 0 amide bonds. The molecule has 0 spiro atoms. The van der Waals surface area contributed by atoms with Gasteiger partial charge in [0, 0.05) is 0 Å². The van der Waals surface area contributed by atoms with Gasteiger partial charge in [-0.15, -0.1) is 0 Å². The zero-order valence-electron chi connectivity index (χ0n) is 5.02. The van der Waals surface area contributed by atoms with Gasteiger partial charge in [-0.2, -0.15) is 0 Å². The summed E-state index contributed by atoms with van der Waals surface area (Å²) in [7, 11) is 0. The first-order valence-corrected chi connectivity index (χ1v) is 4.09. The van der Waals surface area contributed by atoms with Crippen molar-refractivity contribution in [1.82, 2.24) is 0 Å². The summed E-state index contributed by atoms with van der Waals surface area (Å²) in [4.78, 5) is 0. The SMILES string of the molecule is CC1CCC(O)(I)C1. The van der Waals surface area contributed by atoms with Crippen LogP contribution in [0.2, 0.25) is 0 Å². The molecule has 1 rings (SSSR count). The van der Waals surface area contributed by atoms with Crippen LogP contribution in [0, 0.1) is 5.92 Å². The molecule has 48 valence electrons. The molecule has 8 heavy (non-hydrogen) atoms. The molecule has 1 nitrogen and oxygen atoms in total. The van der Waals surface area contributed by atoms with Crippen molar-refractivity contribution in [2.45, 2.75) is 29.8 Å². The minimum Gasteiger partial charge on any atom is -0.380 e. The summed E-state index contributed by atoms with van der Waals surface area (Å²) in [5.74, 6) is 0.733. The van der Waals surface area contributed by atoms with Crippen molar-refractivity contribution < 1.29 is 5.11 Å². The third-order valence-electron chi connectivity index (χ3n) is 1.68. The average Bonchev–Trinajstić information content (AvgIpc) is 1.82. The molecule has 0 radical (unpaired) electrons. The lowest BCUT2D eigenvalue weighted by atomic mass is 10.1. The maximum Gasteiger partial charge on any atom is 0.116 e. The molecule has 0 aromatic heterocycles. The standard InChI is InChI=1S/C6H11IO/c1-5-2-3-6(7,8)4-5/h5,8H,2-4H2,1H3. The van der Waals surface area contributed by atoms with Crippen molar-refractivity contribution in [3.8, 4) is 0 Å². The smallest absolute Gasteiger partial charge is 0.116 e. The molecule has 0 aromatic rings. The Bertz CT molecular complexity index is 90.5. The van der Waals surface area contributed by atoms with Gasteiger partial charge in [0.15, 0.2) is 0 Å². The highest BCUT2D eigenvalue weighted by Gasteiger charge is 2.31. The number of hydrogen-bond acceptors (Lipinski definition) is 1. The van der Waals surface area contributed by atoms with E-state index in [9.17, 15) is 5.11 Å². The fourth-order valence-electron chi connectivity index (χ4n) is 1.21. The number of halogens is 1. The fourth-order valence-corrected chi connectivity index (χ4v) is 2.27. The highest BCUT2D eigenvalue weighted by molar-refractivity contribution is 14.1. The molecule has 0 heterocycles. The molecule has 2 heteroatoms. The second kappa shape index (κ2) is 2.14. The summed E-state index contributed by atoms with van der Waals surface area (Å²) in [6, 6.07) is 0. The Hall–Kier alpha value is 0.690. The van der Waals surface area contributed by atoms with E-state index in [0.29, 0.717) is 0 Å². The van der Waals surface area contributed by atoms with Crippen molar-refractivity contribution >= 4 is 22.6 Å². The van der Waals surface area contributed by atoms with E-state index in [1.54, 1.807) is 0 Å². The van der Waals surface area contributed by atoms with E-state index in [1.165, 1.54) is 6.42 Å². The van der Waals surface area contributed by atoms with Crippen LogP contribution in [-0.4, -0.2) is 8.71 Å². The molecular formula is C6H11IO. The molecule has 0 aliphatic heterocycles. The van der Waals surface area contributed by atoms with Gasteiger partial charge in [-0.3, -0.25) is 0 Å². The minimum atomic E-state index is -0.364. The Kier molecular flexibility index (Phi) is 1.82. The highest BCUT2D eigenvalue weighted by Crippen LogP contribution is 2.38. The lowest BCUT2D eigenvalue weighted by Gasteiger charge is -2.11. The van der Waals surface area contributed by atoms with Crippen LogP contribution in [0.15, 0.2) is 0 Å². The molecule has 1 fully saturated rings. The zero-order valence-corrected chi connectivity index (χ0v) is 7.18. The van der Waals surface area contributed by atoms with Crippen LogP contribution in [-0.2, 0) is 0 Å². The Morgan fingerprint density at radius 3 is 2.50 bits per heavy atom. The largest absolute Gasteiger partial charge is 0.380 e. The quantitative estimate of drug-likeness (QED) is 0.494. The molecule has 1 aliphatic rings. The molecule has 0 saturated heterocycles. The van der Waals surface area contributed by atoms with E-state index in [-0.39, 0.29) is 3.61 Å². The van der Waals surface area contributed by atoms with Crippen molar-refractivity contribution in [1.29, 1.82) is 0 Å². The van der Waals surface area contributed by atoms with Crippen molar-refractivity contribution in [3.63, 3.8) is 0 Å². The summed E-state index contributed by atoms with van der Waals surface area (Å²) in [5, 5.41) is 9.35. The first kappa shape index (κ1) is 6.81. The van der Waals surface area contributed by atoms with Crippen LogP contribution in [0.1, 0.15) is 26.2 Å². The van der Waals surface area contributed by atoms with Crippen LogP contribution >= 0.6 is 22.6 Å². The number of alkyl halides is 1. The van der Waals surface area contributed by atoms with Crippen LogP contribution in [0.5, 0.6) is 0 Å². The number of rotatable bonds is 0. The molecule has 0 bridgehead atoms. The summed E-state index contributed by atoms with van der Waals surface area (Å²) in [5.41, 5.74) is 0. The fraction of sp³-hybridized carbons (Fsp3) is 1.00. The number of hydrogen-bond donors (Lipinski definition) is 1. The molecule has 2 atom stereocenters. The second-order valence-electron chi connectivity index (χ2n) is 2.77. The van der Waals surface area contributed by atoms with E-state index in [0.717, 1.165) is 18.8 Å². The Labute approximate surface area is 63.6 Å². The molecule has 0 aromatic carbocycles. The summed E-state index contributed by atoms with van der Waals surface area (Å²) >= 11 is 2.14. The summed E-state index contributed by atoms with van der Waals surface area (Å²) in [6.45, 7) is 2.19. The van der Waals surface area contributed by atoms with Crippen molar-refractivity contribution in [2.75, 3.05) is 0 Å². The second-order valence-corrected chi connectivity index (χ2v) is 4.77. The van der Waals surface area contributed by atoms with Gasteiger partial charge in [-0.1, -0.05) is 6.92 Å². The average molecular weight is 226 g/mol. The molecule has 1 saturated carbocycles. The third-order valence-corrected chi connectivity index (χ3v) is 2.66. The van der Waals surface area contributed by atoms with E-state index in [1.807, 2.05) is 0 Å². The van der Waals surface area contributed by atoms with Gasteiger partial charge in [0.25, 0.3) is 0 Å². The maximum atomic E-state index is 9.35. The van der Waals surface area contributed by atoms with Crippen LogP contribution < -0.4 is 0 Å². The zero-order chi connectivity index (χ0) is 6.20. The van der Waals surface area contributed by atoms with Crippen LogP contribution in [0.25, 0.3) is 0 Å². The molecule has 1 N–H and O–H groups in total. The predicted molar refractivity (Wildman–Crippen MR) is 42.0 cm³/mol. The lowest BCUT2D eigenvalue weighted by molar-refractivity contribution is 0.160. The topological polar surface area (TPSA) is 20.2 Å². The van der Waals surface area contributed by atoms with Gasteiger partial charge in [-0.25, -0.2) is 0 Å². The Morgan fingerprint density at radius 2 is 2.38 bits per heavy atom. The summed E-state index contributed by atoms with van der Waals surface area (Å²) < 4.78 is -0.364. The van der Waals surface area contributed by atoms with Gasteiger partial charge in [0.1, 0.15) is 3.61 Å². The monoisotopic (exact) mass is 226 g/mol. The first-order valence-electron chi connectivity index (χ1n) is 3.01. The van der Waals surface area contributed by atoms with Gasteiger partial charge >= 0.3 is 0 Å². The van der Waals surface area contributed by atoms with Gasteiger partial charge in [0.05, 0.1) is 0 Å². The van der Waals surface area contributed by atoms with Gasteiger partial charge < -0.3 is 5.11 Å². The third kappa shape index (κ3) is 1.58. The molecule has 2 unspecified atom stereocenters.